The zero-order chi connectivity index (χ0) is 12.5. The van der Waals surface area contributed by atoms with Crippen LogP contribution in [0, 0.1) is 0 Å². The van der Waals surface area contributed by atoms with Crippen molar-refractivity contribution >= 4 is 21.8 Å². The fourth-order valence-corrected chi connectivity index (χ4v) is 1.70. The van der Waals surface area contributed by atoms with E-state index >= 15 is 0 Å². The first kappa shape index (κ1) is 14.2. The van der Waals surface area contributed by atoms with E-state index < -0.39 is 0 Å². The highest BCUT2D eigenvalue weighted by molar-refractivity contribution is 9.10. The molecule has 17 heavy (non-hydrogen) atoms. The summed E-state index contributed by atoms with van der Waals surface area (Å²) in [5.74, 6) is -0.124. The van der Waals surface area contributed by atoms with Crippen LogP contribution in [0.2, 0.25) is 0 Å². The third-order valence-electron chi connectivity index (χ3n) is 2.11. The molecule has 0 unspecified atom stereocenters. The predicted octanol–water partition coefficient (Wildman–Crippen LogP) is 2.08. The lowest BCUT2D eigenvalue weighted by atomic mass is 10.1. The van der Waals surface area contributed by atoms with E-state index in [1.165, 1.54) is 0 Å². The average Bonchev–Trinajstić information content (AvgIpc) is 2.32. The maximum Gasteiger partial charge on any atom is 0.243 e. The third-order valence-corrected chi connectivity index (χ3v) is 2.60. The zero-order valence-corrected chi connectivity index (χ0v) is 11.3. The molecule has 5 heteroatoms. The Morgan fingerprint density at radius 3 is 2.94 bits per heavy atom. The quantitative estimate of drug-likeness (QED) is 0.619. The molecule has 1 N–H and O–H groups in total. The van der Waals surface area contributed by atoms with Gasteiger partial charge in [-0.1, -0.05) is 28.1 Å². The summed E-state index contributed by atoms with van der Waals surface area (Å²) < 4.78 is 5.80. The van der Waals surface area contributed by atoms with Gasteiger partial charge in [0.25, 0.3) is 0 Å². The largest absolute Gasteiger partial charge is 0.382 e. The van der Waals surface area contributed by atoms with Crippen LogP contribution in [0.1, 0.15) is 12.0 Å². The second-order valence-corrected chi connectivity index (χ2v) is 4.41. The summed E-state index contributed by atoms with van der Waals surface area (Å²) in [5, 5.41) is 0. The number of amides is 1. The maximum absolute atomic E-state index is 11.4. The van der Waals surface area contributed by atoms with E-state index in [4.69, 9.17) is 9.57 Å². The number of hydroxylamine groups is 1. The van der Waals surface area contributed by atoms with Crippen molar-refractivity contribution in [2.75, 3.05) is 20.3 Å². The average molecular weight is 302 g/mol. The van der Waals surface area contributed by atoms with Gasteiger partial charge in [0.05, 0.1) is 13.2 Å². The number of carbonyl (C=O) groups excluding carboxylic acids is 1. The molecule has 0 aromatic heterocycles. The van der Waals surface area contributed by atoms with E-state index in [9.17, 15) is 4.79 Å². The highest BCUT2D eigenvalue weighted by Gasteiger charge is 2.02. The van der Waals surface area contributed by atoms with Crippen LogP contribution in [0.3, 0.4) is 0 Å². The molecule has 0 radical (unpaired) electrons. The van der Waals surface area contributed by atoms with E-state index in [0.717, 1.165) is 10.0 Å². The summed E-state index contributed by atoms with van der Waals surface area (Å²) >= 11 is 3.39. The number of ether oxygens (including phenoxy) is 1. The molecule has 0 saturated heterocycles. The van der Waals surface area contributed by atoms with Crippen LogP contribution in [0.4, 0.5) is 0 Å². The fourth-order valence-electron chi connectivity index (χ4n) is 1.26. The number of hydrogen-bond donors (Lipinski definition) is 1. The molecule has 0 fully saturated rings. The topological polar surface area (TPSA) is 47.6 Å². The Morgan fingerprint density at radius 2 is 2.24 bits per heavy atom. The normalized spacial score (nSPS) is 10.2. The van der Waals surface area contributed by atoms with Crippen LogP contribution in [0.25, 0.3) is 0 Å². The number of nitrogens with one attached hydrogen (secondary N) is 1. The minimum Gasteiger partial charge on any atom is -0.382 e. The summed E-state index contributed by atoms with van der Waals surface area (Å²) in [7, 11) is 1.58. The van der Waals surface area contributed by atoms with Gasteiger partial charge >= 0.3 is 0 Å². The molecule has 1 aromatic rings. The molecular weight excluding hydrogens is 286 g/mol. The SMILES string of the molecule is COCCONC(=O)CCc1cccc(Br)c1. The van der Waals surface area contributed by atoms with Gasteiger partial charge in [0.1, 0.15) is 0 Å². The number of methoxy groups -OCH3 is 1. The van der Waals surface area contributed by atoms with Crippen molar-refractivity contribution < 1.29 is 14.4 Å². The predicted molar refractivity (Wildman–Crippen MR) is 68.4 cm³/mol. The van der Waals surface area contributed by atoms with Crippen LogP contribution < -0.4 is 5.48 Å². The molecule has 1 amide bonds. The molecule has 0 spiro atoms. The zero-order valence-electron chi connectivity index (χ0n) is 9.74. The van der Waals surface area contributed by atoms with Crippen LogP contribution in [-0.2, 0) is 20.8 Å². The van der Waals surface area contributed by atoms with Crippen LogP contribution in [0.15, 0.2) is 28.7 Å². The Bertz CT molecular complexity index is 357. The van der Waals surface area contributed by atoms with Gasteiger partial charge in [-0.05, 0) is 24.1 Å². The molecule has 1 aromatic carbocycles. The molecule has 94 valence electrons. The highest BCUT2D eigenvalue weighted by atomic mass is 79.9. The van der Waals surface area contributed by atoms with Gasteiger partial charge in [0.2, 0.25) is 5.91 Å². The molecule has 0 bridgehead atoms. The van der Waals surface area contributed by atoms with Crippen molar-refractivity contribution in [2.24, 2.45) is 0 Å². The molecule has 0 aliphatic carbocycles. The van der Waals surface area contributed by atoms with E-state index in [-0.39, 0.29) is 5.91 Å². The first-order valence-electron chi connectivity index (χ1n) is 5.36. The van der Waals surface area contributed by atoms with E-state index in [1.54, 1.807) is 7.11 Å². The second-order valence-electron chi connectivity index (χ2n) is 3.50. The monoisotopic (exact) mass is 301 g/mol. The van der Waals surface area contributed by atoms with Crippen molar-refractivity contribution in [3.63, 3.8) is 0 Å². The first-order chi connectivity index (χ1) is 8.22. The van der Waals surface area contributed by atoms with Gasteiger partial charge in [0, 0.05) is 18.0 Å². The Kier molecular flexibility index (Phi) is 6.84. The Hall–Kier alpha value is -0.910. The lowest BCUT2D eigenvalue weighted by Gasteiger charge is -2.05. The summed E-state index contributed by atoms with van der Waals surface area (Å²) in [6.07, 6.45) is 1.10. The van der Waals surface area contributed by atoms with Gasteiger partial charge in [0.15, 0.2) is 0 Å². The first-order valence-corrected chi connectivity index (χ1v) is 6.15. The van der Waals surface area contributed by atoms with Crippen LogP contribution in [0.5, 0.6) is 0 Å². The van der Waals surface area contributed by atoms with Crippen LogP contribution in [-0.4, -0.2) is 26.2 Å². The number of benzene rings is 1. The Balaban J connectivity index is 2.19. The van der Waals surface area contributed by atoms with Crippen molar-refractivity contribution in [1.82, 2.24) is 5.48 Å². The summed E-state index contributed by atoms with van der Waals surface area (Å²) in [6, 6.07) is 7.90. The number of carbonyl (C=O) groups is 1. The summed E-state index contributed by atoms with van der Waals surface area (Å²) in [4.78, 5) is 16.3. The molecule has 0 aliphatic rings. The molecule has 0 heterocycles. The fraction of sp³-hybridized carbons (Fsp3) is 0.417. The summed E-state index contributed by atoms with van der Waals surface area (Å²) in [6.45, 7) is 0.824. The standard InChI is InChI=1S/C12H16BrNO3/c1-16-7-8-17-14-12(15)6-5-10-3-2-4-11(13)9-10/h2-4,9H,5-8H2,1H3,(H,14,15). The smallest absolute Gasteiger partial charge is 0.243 e. The molecule has 1 rings (SSSR count). The van der Waals surface area contributed by atoms with E-state index in [2.05, 4.69) is 21.4 Å². The van der Waals surface area contributed by atoms with Crippen molar-refractivity contribution in [2.45, 2.75) is 12.8 Å². The van der Waals surface area contributed by atoms with Gasteiger partial charge in [-0.3, -0.25) is 9.63 Å². The van der Waals surface area contributed by atoms with E-state index in [0.29, 0.717) is 26.1 Å². The van der Waals surface area contributed by atoms with E-state index in [1.807, 2.05) is 24.3 Å². The molecule has 4 nitrogen and oxygen atoms in total. The molecular formula is C12H16BrNO3. The van der Waals surface area contributed by atoms with Crippen molar-refractivity contribution in [3.05, 3.63) is 34.3 Å². The molecule has 0 atom stereocenters. The number of rotatable bonds is 7. The Labute approximate surface area is 109 Å². The third kappa shape index (κ3) is 6.41. The lowest BCUT2D eigenvalue weighted by Crippen LogP contribution is -2.25. The highest BCUT2D eigenvalue weighted by Crippen LogP contribution is 2.12. The number of aryl methyl sites for hydroxylation is 1. The molecule has 0 aliphatic heterocycles. The number of hydrogen-bond acceptors (Lipinski definition) is 3. The van der Waals surface area contributed by atoms with Gasteiger partial charge in [-0.2, -0.15) is 0 Å². The van der Waals surface area contributed by atoms with Gasteiger partial charge in [-0.15, -0.1) is 0 Å². The Morgan fingerprint density at radius 1 is 1.41 bits per heavy atom. The molecule has 0 saturated carbocycles. The van der Waals surface area contributed by atoms with Gasteiger partial charge in [-0.25, -0.2) is 5.48 Å². The van der Waals surface area contributed by atoms with Gasteiger partial charge < -0.3 is 4.74 Å². The summed E-state index contributed by atoms with van der Waals surface area (Å²) in [5.41, 5.74) is 3.49. The maximum atomic E-state index is 11.4. The number of halogens is 1. The van der Waals surface area contributed by atoms with Crippen molar-refractivity contribution in [3.8, 4) is 0 Å². The minimum atomic E-state index is -0.124. The second kappa shape index (κ2) is 8.22. The lowest BCUT2D eigenvalue weighted by molar-refractivity contribution is -0.134. The van der Waals surface area contributed by atoms with Crippen molar-refractivity contribution in [1.29, 1.82) is 0 Å². The van der Waals surface area contributed by atoms with Crippen LogP contribution >= 0.6 is 15.9 Å². The minimum absolute atomic E-state index is 0.124.